The summed E-state index contributed by atoms with van der Waals surface area (Å²) in [6, 6.07) is 0. The fourth-order valence-corrected chi connectivity index (χ4v) is 1.80. The molecule has 2 heterocycles. The van der Waals surface area contributed by atoms with E-state index in [1.807, 2.05) is 5.01 Å². The lowest BCUT2D eigenvalue weighted by Crippen LogP contribution is -2.45. The Hall–Kier alpha value is -1.60. The quantitative estimate of drug-likeness (QED) is 0.549. The van der Waals surface area contributed by atoms with Crippen molar-refractivity contribution in [2.24, 2.45) is 0 Å². The SMILES string of the molecule is CC(C)OC(=O)C1=C(NN2CCOCC2)OCC1=O. The van der Waals surface area contributed by atoms with Crippen molar-refractivity contribution >= 4 is 11.8 Å². The van der Waals surface area contributed by atoms with E-state index in [1.54, 1.807) is 13.8 Å². The first-order chi connectivity index (χ1) is 9.08. The van der Waals surface area contributed by atoms with Gasteiger partial charge in [0.1, 0.15) is 0 Å². The van der Waals surface area contributed by atoms with Crippen LogP contribution in [-0.2, 0) is 23.8 Å². The van der Waals surface area contributed by atoms with E-state index in [2.05, 4.69) is 5.43 Å². The van der Waals surface area contributed by atoms with E-state index in [0.29, 0.717) is 26.3 Å². The van der Waals surface area contributed by atoms with Crippen molar-refractivity contribution < 1.29 is 23.8 Å². The van der Waals surface area contributed by atoms with Crippen LogP contribution in [0.3, 0.4) is 0 Å². The number of hydrogen-bond acceptors (Lipinski definition) is 7. The Morgan fingerprint density at radius 2 is 2.05 bits per heavy atom. The molecule has 0 spiro atoms. The molecule has 2 aliphatic rings. The number of morpholine rings is 1. The minimum atomic E-state index is -0.645. The lowest BCUT2D eigenvalue weighted by Gasteiger charge is -2.27. The fraction of sp³-hybridized carbons (Fsp3) is 0.667. The van der Waals surface area contributed by atoms with Crippen LogP contribution < -0.4 is 5.43 Å². The molecule has 1 saturated heterocycles. The van der Waals surface area contributed by atoms with Crippen LogP contribution in [0.25, 0.3) is 0 Å². The number of nitrogens with zero attached hydrogens (tertiary/aromatic N) is 1. The number of carbonyl (C=O) groups is 2. The summed E-state index contributed by atoms with van der Waals surface area (Å²) in [5.41, 5.74) is 2.90. The van der Waals surface area contributed by atoms with Gasteiger partial charge in [0.25, 0.3) is 0 Å². The highest BCUT2D eigenvalue weighted by atomic mass is 16.5. The number of hydrazine groups is 1. The second-order valence-electron chi connectivity index (χ2n) is 4.58. The molecule has 1 N–H and O–H groups in total. The lowest BCUT2D eigenvalue weighted by molar-refractivity contribution is -0.143. The summed E-state index contributed by atoms with van der Waals surface area (Å²) in [5.74, 6) is -0.827. The third-order valence-corrected chi connectivity index (χ3v) is 2.67. The van der Waals surface area contributed by atoms with Gasteiger partial charge in [-0.1, -0.05) is 0 Å². The molecule has 0 bridgehead atoms. The molecule has 19 heavy (non-hydrogen) atoms. The zero-order chi connectivity index (χ0) is 13.8. The van der Waals surface area contributed by atoms with E-state index in [4.69, 9.17) is 14.2 Å². The van der Waals surface area contributed by atoms with Crippen LogP contribution in [0.4, 0.5) is 0 Å². The Morgan fingerprint density at radius 3 is 2.68 bits per heavy atom. The van der Waals surface area contributed by atoms with Crippen molar-refractivity contribution in [3.63, 3.8) is 0 Å². The van der Waals surface area contributed by atoms with Crippen LogP contribution in [0.2, 0.25) is 0 Å². The molecule has 7 nitrogen and oxygen atoms in total. The van der Waals surface area contributed by atoms with Gasteiger partial charge in [0.15, 0.2) is 12.2 Å². The molecule has 0 aromatic carbocycles. The molecule has 106 valence electrons. The van der Waals surface area contributed by atoms with Crippen molar-refractivity contribution in [2.75, 3.05) is 32.9 Å². The number of rotatable bonds is 4. The molecular weight excluding hydrogens is 252 g/mol. The monoisotopic (exact) mass is 270 g/mol. The molecule has 0 aliphatic carbocycles. The zero-order valence-corrected chi connectivity index (χ0v) is 11.1. The minimum absolute atomic E-state index is 0.0415. The average molecular weight is 270 g/mol. The van der Waals surface area contributed by atoms with Crippen molar-refractivity contribution in [2.45, 2.75) is 20.0 Å². The van der Waals surface area contributed by atoms with Gasteiger partial charge in [0.2, 0.25) is 11.7 Å². The first kappa shape index (κ1) is 13.8. The Labute approximate surface area is 111 Å². The number of carbonyl (C=O) groups excluding carboxylic acids is 2. The molecule has 0 unspecified atom stereocenters. The molecule has 0 saturated carbocycles. The molecule has 0 aromatic rings. The van der Waals surface area contributed by atoms with Crippen LogP contribution in [0.15, 0.2) is 11.5 Å². The van der Waals surface area contributed by atoms with E-state index in [0.717, 1.165) is 0 Å². The molecule has 2 rings (SSSR count). The third kappa shape index (κ3) is 3.45. The summed E-state index contributed by atoms with van der Waals surface area (Å²) < 4.78 is 15.5. The highest BCUT2D eigenvalue weighted by molar-refractivity contribution is 6.19. The molecule has 0 atom stereocenters. The van der Waals surface area contributed by atoms with Crippen LogP contribution >= 0.6 is 0 Å². The van der Waals surface area contributed by atoms with E-state index < -0.39 is 5.97 Å². The molecule has 0 radical (unpaired) electrons. The molecule has 0 aromatic heterocycles. The van der Waals surface area contributed by atoms with E-state index in [9.17, 15) is 9.59 Å². The summed E-state index contributed by atoms with van der Waals surface area (Å²) in [6.45, 7) is 5.85. The maximum Gasteiger partial charge on any atom is 0.347 e. The summed E-state index contributed by atoms with van der Waals surface area (Å²) in [4.78, 5) is 23.5. The summed E-state index contributed by atoms with van der Waals surface area (Å²) in [5, 5.41) is 1.85. The second kappa shape index (κ2) is 6.03. The van der Waals surface area contributed by atoms with Gasteiger partial charge in [-0.3, -0.25) is 10.2 Å². The van der Waals surface area contributed by atoms with Crippen molar-refractivity contribution in [1.29, 1.82) is 0 Å². The highest BCUT2D eigenvalue weighted by Gasteiger charge is 2.33. The van der Waals surface area contributed by atoms with Gasteiger partial charge >= 0.3 is 5.97 Å². The number of ether oxygens (including phenoxy) is 3. The normalized spacial score (nSPS) is 20.7. The van der Waals surface area contributed by atoms with Gasteiger partial charge in [-0.15, -0.1) is 0 Å². The molecule has 1 fully saturated rings. The molecule has 2 aliphatic heterocycles. The first-order valence-electron chi connectivity index (χ1n) is 6.28. The van der Waals surface area contributed by atoms with Crippen LogP contribution in [0.5, 0.6) is 0 Å². The van der Waals surface area contributed by atoms with Crippen LogP contribution in [0, 0.1) is 0 Å². The van der Waals surface area contributed by atoms with Crippen LogP contribution in [0.1, 0.15) is 13.8 Å². The van der Waals surface area contributed by atoms with E-state index in [1.165, 1.54) is 0 Å². The lowest BCUT2D eigenvalue weighted by atomic mass is 10.2. The average Bonchev–Trinajstić information content (AvgIpc) is 2.71. The Balaban J connectivity index is 2.07. The standard InChI is InChI=1S/C12H18N2O5/c1-8(2)19-12(16)10-9(15)7-18-11(10)13-14-3-5-17-6-4-14/h8,13H,3-7H2,1-2H3. The van der Waals surface area contributed by atoms with Gasteiger partial charge in [-0.2, -0.15) is 0 Å². The Morgan fingerprint density at radius 1 is 1.37 bits per heavy atom. The largest absolute Gasteiger partial charge is 0.469 e. The summed E-state index contributed by atoms with van der Waals surface area (Å²) in [7, 11) is 0. The Bertz CT molecular complexity index is 399. The maximum atomic E-state index is 11.9. The number of nitrogens with one attached hydrogen (secondary N) is 1. The van der Waals surface area contributed by atoms with Crippen molar-refractivity contribution in [3.8, 4) is 0 Å². The highest BCUT2D eigenvalue weighted by Crippen LogP contribution is 2.17. The van der Waals surface area contributed by atoms with Gasteiger partial charge in [0, 0.05) is 13.1 Å². The maximum absolute atomic E-state index is 11.9. The Kier molecular flexibility index (Phi) is 4.39. The van der Waals surface area contributed by atoms with Gasteiger partial charge in [-0.25, -0.2) is 9.80 Å². The predicted octanol–water partition coefficient (Wildman–Crippen LogP) is -0.414. The van der Waals surface area contributed by atoms with Gasteiger partial charge in [0.05, 0.1) is 19.3 Å². The zero-order valence-electron chi connectivity index (χ0n) is 11.1. The van der Waals surface area contributed by atoms with E-state index >= 15 is 0 Å². The number of esters is 1. The van der Waals surface area contributed by atoms with Crippen LogP contribution in [-0.4, -0.2) is 55.8 Å². The number of Topliss-reactive ketones (excluding diaryl/α,β-unsaturated/α-hetero) is 1. The van der Waals surface area contributed by atoms with E-state index in [-0.39, 0.29) is 30.0 Å². The fourth-order valence-electron chi connectivity index (χ4n) is 1.80. The predicted molar refractivity (Wildman–Crippen MR) is 64.7 cm³/mol. The minimum Gasteiger partial charge on any atom is -0.469 e. The molecular formula is C12H18N2O5. The van der Waals surface area contributed by atoms with Crippen molar-refractivity contribution in [1.82, 2.24) is 10.4 Å². The number of ketones is 1. The number of hydrogen-bond donors (Lipinski definition) is 1. The van der Waals surface area contributed by atoms with Crippen molar-refractivity contribution in [3.05, 3.63) is 11.5 Å². The second-order valence-corrected chi connectivity index (χ2v) is 4.58. The molecule has 0 amide bonds. The van der Waals surface area contributed by atoms with Gasteiger partial charge < -0.3 is 14.2 Å². The summed E-state index contributed by atoms with van der Waals surface area (Å²) >= 11 is 0. The van der Waals surface area contributed by atoms with Gasteiger partial charge in [-0.05, 0) is 13.8 Å². The third-order valence-electron chi connectivity index (χ3n) is 2.67. The summed E-state index contributed by atoms with van der Waals surface area (Å²) in [6.07, 6.45) is -0.280. The smallest absolute Gasteiger partial charge is 0.347 e. The molecule has 7 heteroatoms. The topological polar surface area (TPSA) is 77.1 Å². The first-order valence-corrected chi connectivity index (χ1v) is 6.28.